The zero-order valence-corrected chi connectivity index (χ0v) is 12.2. The Hall–Kier alpha value is -2.10. The van der Waals surface area contributed by atoms with Crippen molar-refractivity contribution in [3.63, 3.8) is 0 Å². The summed E-state index contributed by atoms with van der Waals surface area (Å²) in [5.74, 6) is -0.339. The second-order valence-corrected chi connectivity index (χ2v) is 5.97. The van der Waals surface area contributed by atoms with Gasteiger partial charge in [0.2, 0.25) is 0 Å². The predicted octanol–water partition coefficient (Wildman–Crippen LogP) is 3.57. The van der Waals surface area contributed by atoms with Gasteiger partial charge in [0.15, 0.2) is 5.76 Å². The van der Waals surface area contributed by atoms with E-state index in [0.29, 0.717) is 17.0 Å². The van der Waals surface area contributed by atoms with Crippen LogP contribution in [0.2, 0.25) is 0 Å². The highest BCUT2D eigenvalue weighted by atomic mass is 16.5. The van der Waals surface area contributed by atoms with Crippen molar-refractivity contribution in [2.45, 2.75) is 39.5 Å². The van der Waals surface area contributed by atoms with Crippen LogP contribution < -0.4 is 0 Å². The van der Waals surface area contributed by atoms with Crippen molar-refractivity contribution in [1.29, 1.82) is 0 Å². The van der Waals surface area contributed by atoms with Crippen LogP contribution in [0.3, 0.4) is 0 Å². The lowest BCUT2D eigenvalue weighted by Gasteiger charge is -2.18. The Kier molecular flexibility index (Phi) is 3.66. The van der Waals surface area contributed by atoms with Gasteiger partial charge in [-0.25, -0.2) is 0 Å². The van der Waals surface area contributed by atoms with Crippen LogP contribution >= 0.6 is 0 Å². The van der Waals surface area contributed by atoms with Crippen LogP contribution in [0.5, 0.6) is 0 Å². The highest BCUT2D eigenvalue weighted by Crippen LogP contribution is 2.29. The maximum Gasteiger partial charge on any atom is 0.308 e. The molecule has 0 saturated heterocycles. The first kappa shape index (κ1) is 14.3. The fourth-order valence-corrected chi connectivity index (χ4v) is 2.10. The average Bonchev–Trinajstić information content (AvgIpc) is 2.70. The Bertz CT molecular complexity index is 618. The summed E-state index contributed by atoms with van der Waals surface area (Å²) in [4.78, 5) is 10.9. The van der Waals surface area contributed by atoms with Crippen LogP contribution in [0.4, 0.5) is 0 Å². The molecule has 0 aliphatic carbocycles. The third-order valence-corrected chi connectivity index (χ3v) is 3.33. The van der Waals surface area contributed by atoms with Crippen LogP contribution in [0.25, 0.3) is 11.3 Å². The highest BCUT2D eigenvalue weighted by molar-refractivity contribution is 5.75. The van der Waals surface area contributed by atoms with Gasteiger partial charge in [-0.3, -0.25) is 4.79 Å². The number of aliphatic carboxylic acids is 1. The molecule has 4 nitrogen and oxygen atoms in total. The fraction of sp³-hybridized carbons (Fsp3) is 0.375. The monoisotopic (exact) mass is 273 g/mol. The lowest BCUT2D eigenvalue weighted by Crippen LogP contribution is -2.10. The standard InChI is InChI=1S/C16H19NO3/c1-10-13(9-14(18)19)15(20-17-10)11-5-7-12(8-6-11)16(2,3)4/h5-8H,9H2,1-4H3,(H,18,19). The minimum atomic E-state index is -0.885. The van der Waals surface area contributed by atoms with Crippen LogP contribution in [-0.4, -0.2) is 16.2 Å². The van der Waals surface area contributed by atoms with Gasteiger partial charge in [-0.05, 0) is 17.9 Å². The number of carbonyl (C=O) groups is 1. The lowest BCUT2D eigenvalue weighted by atomic mass is 9.86. The summed E-state index contributed by atoms with van der Waals surface area (Å²) in [5.41, 5.74) is 3.43. The Morgan fingerprint density at radius 2 is 1.85 bits per heavy atom. The van der Waals surface area contributed by atoms with Gasteiger partial charge in [-0.1, -0.05) is 50.2 Å². The van der Waals surface area contributed by atoms with E-state index in [4.69, 9.17) is 9.63 Å². The van der Waals surface area contributed by atoms with Gasteiger partial charge >= 0.3 is 5.97 Å². The zero-order valence-electron chi connectivity index (χ0n) is 12.2. The number of carboxylic acids is 1. The number of nitrogens with zero attached hydrogens (tertiary/aromatic N) is 1. The quantitative estimate of drug-likeness (QED) is 0.928. The average molecular weight is 273 g/mol. The van der Waals surface area contributed by atoms with Gasteiger partial charge in [-0.2, -0.15) is 0 Å². The highest BCUT2D eigenvalue weighted by Gasteiger charge is 2.19. The smallest absolute Gasteiger partial charge is 0.308 e. The SMILES string of the molecule is Cc1noc(-c2ccc(C(C)(C)C)cc2)c1CC(=O)O. The molecule has 0 radical (unpaired) electrons. The number of rotatable bonds is 3. The molecule has 0 aliphatic heterocycles. The van der Waals surface area contributed by atoms with E-state index >= 15 is 0 Å². The molecule has 1 N–H and O–H groups in total. The van der Waals surface area contributed by atoms with E-state index in [1.165, 1.54) is 5.56 Å². The van der Waals surface area contributed by atoms with Crippen molar-refractivity contribution in [3.05, 3.63) is 41.1 Å². The molecule has 20 heavy (non-hydrogen) atoms. The Morgan fingerprint density at radius 1 is 1.25 bits per heavy atom. The van der Waals surface area contributed by atoms with Crippen molar-refractivity contribution in [3.8, 4) is 11.3 Å². The minimum absolute atomic E-state index is 0.0777. The number of hydrogen-bond acceptors (Lipinski definition) is 3. The Balaban J connectivity index is 2.40. The summed E-state index contributed by atoms with van der Waals surface area (Å²) < 4.78 is 5.29. The second-order valence-electron chi connectivity index (χ2n) is 5.97. The number of aryl methyl sites for hydroxylation is 1. The normalized spacial score (nSPS) is 11.6. The number of hydrogen-bond donors (Lipinski definition) is 1. The molecule has 106 valence electrons. The minimum Gasteiger partial charge on any atom is -0.481 e. The fourth-order valence-electron chi connectivity index (χ4n) is 2.10. The Labute approximate surface area is 118 Å². The number of aromatic nitrogens is 1. The van der Waals surface area contributed by atoms with Crippen LogP contribution in [0, 0.1) is 6.92 Å². The van der Waals surface area contributed by atoms with Crippen molar-refractivity contribution >= 4 is 5.97 Å². The molecule has 1 aromatic carbocycles. The van der Waals surface area contributed by atoms with E-state index < -0.39 is 5.97 Å². The second kappa shape index (κ2) is 5.12. The first-order valence-corrected chi connectivity index (χ1v) is 6.57. The molecule has 0 fully saturated rings. The van der Waals surface area contributed by atoms with E-state index in [2.05, 4.69) is 25.9 Å². The molecule has 0 aliphatic rings. The predicted molar refractivity (Wildman–Crippen MR) is 76.7 cm³/mol. The largest absolute Gasteiger partial charge is 0.481 e. The van der Waals surface area contributed by atoms with Crippen LogP contribution in [0.1, 0.15) is 37.6 Å². The van der Waals surface area contributed by atoms with Crippen LogP contribution in [-0.2, 0) is 16.6 Å². The maximum absolute atomic E-state index is 10.9. The molecule has 2 aromatic rings. The van der Waals surface area contributed by atoms with Gasteiger partial charge in [-0.15, -0.1) is 0 Å². The van der Waals surface area contributed by atoms with Crippen molar-refractivity contribution in [2.24, 2.45) is 0 Å². The third-order valence-electron chi connectivity index (χ3n) is 3.33. The molecule has 0 amide bonds. The molecule has 0 atom stereocenters. The molecule has 0 unspecified atom stereocenters. The van der Waals surface area contributed by atoms with Gasteiger partial charge < -0.3 is 9.63 Å². The molecule has 0 bridgehead atoms. The third kappa shape index (κ3) is 2.90. The molecule has 2 rings (SSSR count). The zero-order chi connectivity index (χ0) is 14.9. The number of carboxylic acid groups (broad SMARTS) is 1. The van der Waals surface area contributed by atoms with E-state index in [9.17, 15) is 4.79 Å². The first-order valence-electron chi connectivity index (χ1n) is 6.57. The van der Waals surface area contributed by atoms with Gasteiger partial charge in [0.1, 0.15) is 0 Å². The molecular weight excluding hydrogens is 254 g/mol. The van der Waals surface area contributed by atoms with Crippen molar-refractivity contribution in [2.75, 3.05) is 0 Å². The summed E-state index contributed by atoms with van der Waals surface area (Å²) in [7, 11) is 0. The maximum atomic E-state index is 10.9. The topological polar surface area (TPSA) is 63.3 Å². The first-order chi connectivity index (χ1) is 9.29. The summed E-state index contributed by atoms with van der Waals surface area (Å²) in [6, 6.07) is 7.98. The van der Waals surface area contributed by atoms with E-state index in [1.807, 2.05) is 24.3 Å². The summed E-state index contributed by atoms with van der Waals surface area (Å²) >= 11 is 0. The van der Waals surface area contributed by atoms with E-state index in [1.54, 1.807) is 6.92 Å². The summed E-state index contributed by atoms with van der Waals surface area (Å²) in [6.07, 6.45) is -0.0777. The summed E-state index contributed by atoms with van der Waals surface area (Å²) in [5, 5.41) is 12.8. The van der Waals surface area contributed by atoms with Gasteiger partial charge in [0.25, 0.3) is 0 Å². The molecular formula is C16H19NO3. The van der Waals surface area contributed by atoms with E-state index in [0.717, 1.165) is 5.56 Å². The molecule has 4 heteroatoms. The van der Waals surface area contributed by atoms with Gasteiger partial charge in [0.05, 0.1) is 12.1 Å². The Morgan fingerprint density at radius 3 is 2.35 bits per heavy atom. The molecule has 0 spiro atoms. The molecule has 0 saturated carbocycles. The number of benzene rings is 1. The van der Waals surface area contributed by atoms with E-state index in [-0.39, 0.29) is 11.8 Å². The summed E-state index contributed by atoms with van der Waals surface area (Å²) in [6.45, 7) is 8.21. The van der Waals surface area contributed by atoms with Crippen LogP contribution in [0.15, 0.2) is 28.8 Å². The van der Waals surface area contributed by atoms with Crippen molar-refractivity contribution in [1.82, 2.24) is 5.16 Å². The molecule has 1 aromatic heterocycles. The molecule has 1 heterocycles. The van der Waals surface area contributed by atoms with Crippen molar-refractivity contribution < 1.29 is 14.4 Å². The lowest BCUT2D eigenvalue weighted by molar-refractivity contribution is -0.136. The van der Waals surface area contributed by atoms with Gasteiger partial charge in [0, 0.05) is 11.1 Å².